The van der Waals surface area contributed by atoms with Crippen molar-refractivity contribution in [2.45, 2.75) is 11.8 Å². The summed E-state index contributed by atoms with van der Waals surface area (Å²) in [5, 5.41) is 2.65. The van der Waals surface area contributed by atoms with Crippen LogP contribution >= 0.6 is 0 Å². The Kier molecular flexibility index (Phi) is 6.57. The maximum atomic E-state index is 13.2. The van der Waals surface area contributed by atoms with Gasteiger partial charge in [0.1, 0.15) is 6.54 Å². The Balaban J connectivity index is 1.62. The molecule has 1 aliphatic heterocycles. The molecule has 1 aliphatic rings. The van der Waals surface area contributed by atoms with E-state index in [0.717, 1.165) is 0 Å². The highest BCUT2D eigenvalue weighted by Gasteiger charge is 2.29. The number of amides is 2. The van der Waals surface area contributed by atoms with Crippen LogP contribution in [0, 0.1) is 0 Å². The number of para-hydroxylation sites is 1. The van der Waals surface area contributed by atoms with Crippen molar-refractivity contribution in [1.29, 1.82) is 0 Å². The van der Waals surface area contributed by atoms with Gasteiger partial charge in [0, 0.05) is 12.1 Å². The minimum absolute atomic E-state index is 0.0410. The highest BCUT2D eigenvalue weighted by atomic mass is 32.2. The molecule has 1 N–H and O–H groups in total. The van der Waals surface area contributed by atoms with Gasteiger partial charge in [0.05, 0.1) is 34.6 Å². The molecule has 0 saturated heterocycles. The van der Waals surface area contributed by atoms with Gasteiger partial charge < -0.3 is 10.1 Å². The maximum Gasteiger partial charge on any atom is 0.337 e. The molecule has 0 spiro atoms. The first-order chi connectivity index (χ1) is 16.8. The highest BCUT2D eigenvalue weighted by Crippen LogP contribution is 2.32. The monoisotopic (exact) mass is 493 g/mol. The van der Waals surface area contributed by atoms with E-state index in [9.17, 15) is 22.8 Å². The van der Waals surface area contributed by atoms with Crippen LogP contribution in [-0.2, 0) is 19.6 Å². The first-order valence-electron chi connectivity index (χ1n) is 10.8. The largest absolute Gasteiger partial charge is 0.465 e. The van der Waals surface area contributed by atoms with Crippen LogP contribution in [0.3, 0.4) is 0 Å². The van der Waals surface area contributed by atoms with Crippen molar-refractivity contribution < 1.29 is 27.5 Å². The van der Waals surface area contributed by atoms with E-state index in [1.165, 1.54) is 52.7 Å². The molecule has 4 rings (SSSR count). The Hall–Kier alpha value is -4.18. The van der Waals surface area contributed by atoms with Gasteiger partial charge in [0.2, 0.25) is 5.91 Å². The third-order valence-electron chi connectivity index (χ3n) is 5.55. The topological polar surface area (TPSA) is 113 Å². The summed E-state index contributed by atoms with van der Waals surface area (Å²) < 4.78 is 32.4. The zero-order valence-electron chi connectivity index (χ0n) is 19.1. The van der Waals surface area contributed by atoms with Crippen molar-refractivity contribution in [3.63, 3.8) is 0 Å². The Morgan fingerprint density at radius 2 is 1.66 bits per heavy atom. The molecule has 3 aromatic rings. The molecule has 35 heavy (non-hydrogen) atoms. The first kappa shape index (κ1) is 24.0. The minimum Gasteiger partial charge on any atom is -0.465 e. The number of hydrogen-bond acceptors (Lipinski definition) is 6. The van der Waals surface area contributed by atoms with Gasteiger partial charge in [0.25, 0.3) is 15.9 Å². The molecular weight excluding hydrogens is 470 g/mol. The van der Waals surface area contributed by atoms with Crippen molar-refractivity contribution in [3.8, 4) is 0 Å². The smallest absolute Gasteiger partial charge is 0.337 e. The Bertz CT molecular complexity index is 1390. The lowest BCUT2D eigenvalue weighted by Gasteiger charge is -2.29. The van der Waals surface area contributed by atoms with E-state index in [0.29, 0.717) is 17.1 Å². The van der Waals surface area contributed by atoms with E-state index in [-0.39, 0.29) is 29.1 Å². The molecule has 2 amide bonds. The fourth-order valence-corrected chi connectivity index (χ4v) is 5.33. The van der Waals surface area contributed by atoms with Crippen molar-refractivity contribution in [1.82, 2.24) is 0 Å². The van der Waals surface area contributed by atoms with Gasteiger partial charge in [-0.1, -0.05) is 18.2 Å². The van der Waals surface area contributed by atoms with Crippen molar-refractivity contribution in [2.75, 3.05) is 34.7 Å². The number of carbonyl (C=O) groups excluding carboxylic acids is 3. The summed E-state index contributed by atoms with van der Waals surface area (Å²) in [6.07, 6.45) is 0. The van der Waals surface area contributed by atoms with Crippen LogP contribution in [0.2, 0.25) is 0 Å². The number of rotatable bonds is 6. The molecule has 0 aliphatic carbocycles. The number of methoxy groups -OCH3 is 1. The number of anilines is 3. The van der Waals surface area contributed by atoms with Crippen LogP contribution in [0.4, 0.5) is 17.1 Å². The van der Waals surface area contributed by atoms with Gasteiger partial charge in [0.15, 0.2) is 0 Å². The van der Waals surface area contributed by atoms with E-state index >= 15 is 0 Å². The van der Waals surface area contributed by atoms with Crippen LogP contribution < -0.4 is 14.5 Å². The average molecular weight is 494 g/mol. The summed E-state index contributed by atoms with van der Waals surface area (Å²) in [7, 11) is -2.59. The quantitative estimate of drug-likeness (QED) is 0.528. The number of fused-ring (bicyclic) bond motifs is 1. The molecule has 0 unspecified atom stereocenters. The third kappa shape index (κ3) is 4.60. The normalized spacial score (nSPS) is 13.0. The van der Waals surface area contributed by atoms with Gasteiger partial charge >= 0.3 is 5.97 Å². The molecule has 0 atom stereocenters. The van der Waals surface area contributed by atoms with Crippen LogP contribution in [0.25, 0.3) is 0 Å². The predicted molar refractivity (Wildman–Crippen MR) is 131 cm³/mol. The minimum atomic E-state index is -3.84. The van der Waals surface area contributed by atoms with E-state index in [1.54, 1.807) is 43.3 Å². The molecule has 1 heterocycles. The number of hydrogen-bond donors (Lipinski definition) is 1. The fraction of sp³-hybridized carbons (Fsp3) is 0.160. The van der Waals surface area contributed by atoms with E-state index < -0.39 is 27.8 Å². The first-order valence-corrected chi connectivity index (χ1v) is 12.2. The number of ether oxygens (including phenoxy) is 1. The summed E-state index contributed by atoms with van der Waals surface area (Å²) in [4.78, 5) is 38.6. The molecule has 0 radical (unpaired) electrons. The predicted octanol–water partition coefficient (Wildman–Crippen LogP) is 3.29. The van der Waals surface area contributed by atoms with E-state index in [4.69, 9.17) is 4.74 Å². The maximum absolute atomic E-state index is 13.2. The second-order valence-corrected chi connectivity index (χ2v) is 9.56. The lowest BCUT2D eigenvalue weighted by molar-refractivity contribution is -0.115. The molecule has 0 aromatic heterocycles. The number of esters is 1. The Morgan fingerprint density at radius 1 is 1.00 bits per heavy atom. The second-order valence-electron chi connectivity index (χ2n) is 7.69. The number of nitrogens with zero attached hydrogens (tertiary/aromatic N) is 2. The molecule has 3 aromatic carbocycles. The number of carbonyl (C=O) groups is 3. The molecule has 180 valence electrons. The van der Waals surface area contributed by atoms with Crippen LogP contribution in [-0.4, -0.2) is 46.4 Å². The average Bonchev–Trinajstić information content (AvgIpc) is 2.87. The number of benzene rings is 3. The summed E-state index contributed by atoms with van der Waals surface area (Å²) in [5.74, 6) is -1.47. The van der Waals surface area contributed by atoms with E-state index in [1.807, 2.05) is 0 Å². The summed E-state index contributed by atoms with van der Waals surface area (Å²) >= 11 is 0. The molecule has 0 fully saturated rings. The zero-order chi connectivity index (χ0) is 25.2. The number of sulfonamides is 1. The highest BCUT2D eigenvalue weighted by molar-refractivity contribution is 7.92. The van der Waals surface area contributed by atoms with Gasteiger partial charge in [-0.2, -0.15) is 0 Å². The zero-order valence-corrected chi connectivity index (χ0v) is 19.9. The van der Waals surface area contributed by atoms with E-state index in [2.05, 4.69) is 5.32 Å². The van der Waals surface area contributed by atoms with Gasteiger partial charge in [-0.15, -0.1) is 0 Å². The lowest BCUT2D eigenvalue weighted by Crippen LogP contribution is -2.42. The molecular formula is C25H23N3O6S. The lowest BCUT2D eigenvalue weighted by atomic mass is 10.1. The molecule has 9 nitrogen and oxygen atoms in total. The third-order valence-corrected chi connectivity index (χ3v) is 7.47. The van der Waals surface area contributed by atoms with Crippen molar-refractivity contribution >= 4 is 44.9 Å². The van der Waals surface area contributed by atoms with Crippen LogP contribution in [0.15, 0.2) is 77.7 Å². The van der Waals surface area contributed by atoms with Crippen LogP contribution in [0.5, 0.6) is 0 Å². The second kappa shape index (κ2) is 9.59. The van der Waals surface area contributed by atoms with Gasteiger partial charge in [-0.05, 0) is 61.5 Å². The van der Waals surface area contributed by atoms with Crippen LogP contribution in [0.1, 0.15) is 27.6 Å². The molecule has 0 saturated carbocycles. The van der Waals surface area contributed by atoms with Gasteiger partial charge in [-0.25, -0.2) is 13.2 Å². The summed E-state index contributed by atoms with van der Waals surface area (Å²) in [5.41, 5.74) is 1.70. The number of nitrogens with one attached hydrogen (secondary N) is 1. The molecule has 10 heteroatoms. The Morgan fingerprint density at radius 3 is 2.29 bits per heavy atom. The van der Waals surface area contributed by atoms with Crippen molar-refractivity contribution in [3.05, 3.63) is 83.9 Å². The molecule has 0 bridgehead atoms. The fourth-order valence-electron chi connectivity index (χ4n) is 3.85. The van der Waals surface area contributed by atoms with Gasteiger partial charge in [-0.3, -0.25) is 18.8 Å². The Labute approximate surface area is 203 Å². The SMILES string of the molecule is CCN(c1ccccc1)S(=O)(=O)c1ccc(C(=O)N2CC(=O)Nc3cc(C(=O)OC)ccc32)cc1. The van der Waals surface area contributed by atoms with Crippen molar-refractivity contribution in [2.24, 2.45) is 0 Å². The summed E-state index contributed by atoms with van der Waals surface area (Å²) in [6, 6.07) is 18.8. The standard InChI is InChI=1S/C25H23N3O6S/c1-3-28(19-7-5-4-6-8-19)35(32,33)20-12-9-17(10-13-20)24(30)27-16-23(29)26-21-15-18(25(31)34-2)11-14-22(21)27/h4-15H,3,16H2,1-2H3,(H,26,29). The summed E-state index contributed by atoms with van der Waals surface area (Å²) in [6.45, 7) is 1.76.